The van der Waals surface area contributed by atoms with Crippen LogP contribution in [-0.4, -0.2) is 50.5 Å². The average Bonchev–Trinajstić information content (AvgIpc) is 2.73. The van der Waals surface area contributed by atoms with Crippen molar-refractivity contribution < 1.29 is 19.1 Å². The van der Waals surface area contributed by atoms with E-state index in [4.69, 9.17) is 4.74 Å². The summed E-state index contributed by atoms with van der Waals surface area (Å²) in [6.07, 6.45) is -0.501. The van der Waals surface area contributed by atoms with Crippen molar-refractivity contribution in [2.75, 3.05) is 44.2 Å². The summed E-state index contributed by atoms with van der Waals surface area (Å²) in [7, 11) is 0. The van der Waals surface area contributed by atoms with Crippen LogP contribution in [0, 0.1) is 5.82 Å². The monoisotopic (exact) mass is 381 g/mol. The van der Waals surface area contributed by atoms with Crippen LogP contribution in [0.15, 0.2) is 66.7 Å². The van der Waals surface area contributed by atoms with E-state index in [2.05, 4.69) is 17.0 Å². The van der Waals surface area contributed by atoms with Crippen LogP contribution in [0.2, 0.25) is 0 Å². The van der Waals surface area contributed by atoms with Crippen molar-refractivity contribution in [2.45, 2.75) is 6.10 Å². The van der Waals surface area contributed by atoms with Gasteiger partial charge in [-0.05, 0) is 47.2 Å². The number of hydrogen-bond donors (Lipinski definition) is 2. The highest BCUT2D eigenvalue weighted by Gasteiger charge is 2.23. The number of aliphatic hydroxyl groups is 1. The first-order valence-electron chi connectivity index (χ1n) is 9.81. The van der Waals surface area contributed by atoms with Crippen molar-refractivity contribution >= 4 is 16.5 Å². The van der Waals surface area contributed by atoms with Crippen molar-refractivity contribution in [1.82, 2.24) is 0 Å². The van der Waals surface area contributed by atoms with Gasteiger partial charge in [0, 0.05) is 5.69 Å². The van der Waals surface area contributed by atoms with Crippen molar-refractivity contribution in [3.8, 4) is 5.75 Å². The third kappa shape index (κ3) is 4.61. The zero-order valence-corrected chi connectivity index (χ0v) is 15.9. The Bertz CT molecular complexity index is 908. The molecule has 1 atom stereocenters. The van der Waals surface area contributed by atoms with Crippen LogP contribution in [0.5, 0.6) is 5.75 Å². The Morgan fingerprint density at radius 3 is 2.43 bits per heavy atom. The minimum absolute atomic E-state index is 0.206. The van der Waals surface area contributed by atoms with Gasteiger partial charge in [0.1, 0.15) is 30.8 Å². The Balaban J connectivity index is 1.24. The highest BCUT2D eigenvalue weighted by Crippen LogP contribution is 2.20. The molecule has 1 unspecified atom stereocenters. The van der Waals surface area contributed by atoms with Crippen molar-refractivity contribution in [1.29, 1.82) is 0 Å². The van der Waals surface area contributed by atoms with E-state index in [1.807, 2.05) is 42.5 Å². The van der Waals surface area contributed by atoms with E-state index in [-0.39, 0.29) is 5.82 Å². The van der Waals surface area contributed by atoms with Crippen molar-refractivity contribution in [3.63, 3.8) is 0 Å². The number of quaternary nitrogens is 1. The van der Waals surface area contributed by atoms with Gasteiger partial charge in [-0.25, -0.2) is 4.39 Å². The summed E-state index contributed by atoms with van der Waals surface area (Å²) in [5.74, 6) is 0.580. The van der Waals surface area contributed by atoms with E-state index < -0.39 is 6.10 Å². The molecule has 0 bridgehead atoms. The molecule has 0 spiro atoms. The van der Waals surface area contributed by atoms with Gasteiger partial charge in [0.15, 0.2) is 0 Å². The van der Waals surface area contributed by atoms with E-state index in [0.29, 0.717) is 13.2 Å². The van der Waals surface area contributed by atoms with Crippen molar-refractivity contribution in [3.05, 3.63) is 72.5 Å². The first-order valence-corrected chi connectivity index (χ1v) is 9.81. The van der Waals surface area contributed by atoms with E-state index in [1.54, 1.807) is 0 Å². The maximum absolute atomic E-state index is 13.1. The molecule has 1 aliphatic rings. The number of anilines is 1. The van der Waals surface area contributed by atoms with Gasteiger partial charge in [0.2, 0.25) is 0 Å². The molecule has 0 aromatic heterocycles. The first-order chi connectivity index (χ1) is 13.7. The average molecular weight is 381 g/mol. The van der Waals surface area contributed by atoms with Gasteiger partial charge in [0.05, 0.1) is 26.2 Å². The Labute approximate surface area is 164 Å². The van der Waals surface area contributed by atoms with E-state index in [1.165, 1.54) is 22.4 Å². The Kier molecular flexibility index (Phi) is 5.74. The lowest BCUT2D eigenvalue weighted by Gasteiger charge is -2.34. The number of halogens is 1. The molecule has 146 valence electrons. The second-order valence-corrected chi connectivity index (χ2v) is 7.39. The lowest BCUT2D eigenvalue weighted by molar-refractivity contribution is -0.903. The lowest BCUT2D eigenvalue weighted by Crippen LogP contribution is -3.16. The van der Waals surface area contributed by atoms with Gasteiger partial charge in [-0.15, -0.1) is 0 Å². The number of hydrogen-bond acceptors (Lipinski definition) is 3. The van der Waals surface area contributed by atoms with E-state index >= 15 is 0 Å². The number of benzene rings is 3. The summed E-state index contributed by atoms with van der Waals surface area (Å²) in [6.45, 7) is 4.67. The normalized spacial score (nSPS) is 16.3. The summed E-state index contributed by atoms with van der Waals surface area (Å²) < 4.78 is 18.9. The second-order valence-electron chi connectivity index (χ2n) is 7.39. The Hall–Kier alpha value is -2.63. The molecule has 1 saturated heterocycles. The summed E-state index contributed by atoms with van der Waals surface area (Å²) >= 11 is 0. The highest BCUT2D eigenvalue weighted by atomic mass is 19.1. The van der Waals surface area contributed by atoms with E-state index in [9.17, 15) is 9.50 Å². The SMILES string of the molecule is OC(COc1ccc2ccccc2c1)C[NH+]1CCN(c2ccc(F)cc2)CC1. The van der Waals surface area contributed by atoms with Crippen LogP contribution >= 0.6 is 0 Å². The van der Waals surface area contributed by atoms with Crippen molar-refractivity contribution in [2.24, 2.45) is 0 Å². The maximum Gasteiger partial charge on any atom is 0.137 e. The molecular formula is C23H26FN2O2+. The van der Waals surface area contributed by atoms with E-state index in [0.717, 1.165) is 43.0 Å². The fourth-order valence-corrected chi connectivity index (χ4v) is 3.78. The summed E-state index contributed by atoms with van der Waals surface area (Å²) in [5, 5.41) is 12.7. The summed E-state index contributed by atoms with van der Waals surface area (Å²) in [6, 6.07) is 20.8. The number of nitrogens with zero attached hydrogens (tertiary/aromatic N) is 1. The molecule has 28 heavy (non-hydrogen) atoms. The molecule has 5 heteroatoms. The maximum atomic E-state index is 13.1. The number of nitrogens with one attached hydrogen (secondary N) is 1. The zero-order valence-electron chi connectivity index (χ0n) is 15.9. The summed E-state index contributed by atoms with van der Waals surface area (Å²) in [4.78, 5) is 3.63. The zero-order chi connectivity index (χ0) is 19.3. The van der Waals surface area contributed by atoms with Gasteiger partial charge >= 0.3 is 0 Å². The number of piperazine rings is 1. The minimum Gasteiger partial charge on any atom is -0.491 e. The number of ether oxygens (including phenoxy) is 1. The second kappa shape index (κ2) is 8.59. The molecule has 4 nitrogen and oxygen atoms in total. The van der Waals surface area contributed by atoms with Crippen LogP contribution in [-0.2, 0) is 0 Å². The third-order valence-electron chi connectivity index (χ3n) is 5.35. The number of fused-ring (bicyclic) bond motifs is 1. The quantitative estimate of drug-likeness (QED) is 0.687. The standard InChI is InChI=1S/C23H25FN2O2/c24-20-6-8-21(9-7-20)26-13-11-25(12-14-26)16-22(27)17-28-23-10-5-18-3-1-2-4-19(18)15-23/h1-10,15,22,27H,11-14,16-17H2/p+1. The van der Waals surface area contributed by atoms with Crippen LogP contribution in [0.25, 0.3) is 10.8 Å². The van der Waals surface area contributed by atoms with Gasteiger partial charge in [0.25, 0.3) is 0 Å². The Morgan fingerprint density at radius 2 is 1.68 bits per heavy atom. The smallest absolute Gasteiger partial charge is 0.137 e. The largest absolute Gasteiger partial charge is 0.491 e. The van der Waals surface area contributed by atoms with Crippen LogP contribution < -0.4 is 14.5 Å². The summed E-state index contributed by atoms with van der Waals surface area (Å²) in [5.41, 5.74) is 1.06. The van der Waals surface area contributed by atoms with Crippen LogP contribution in [0.3, 0.4) is 0 Å². The molecule has 2 N–H and O–H groups in total. The fraction of sp³-hybridized carbons (Fsp3) is 0.304. The fourth-order valence-electron chi connectivity index (χ4n) is 3.78. The molecule has 4 rings (SSSR count). The molecule has 3 aromatic rings. The number of rotatable bonds is 6. The van der Waals surface area contributed by atoms with Crippen LogP contribution in [0.4, 0.5) is 10.1 Å². The van der Waals surface area contributed by atoms with Gasteiger partial charge in [-0.2, -0.15) is 0 Å². The number of aliphatic hydroxyl groups excluding tert-OH is 1. The molecule has 1 fully saturated rings. The molecule has 0 radical (unpaired) electrons. The predicted octanol–water partition coefficient (Wildman–Crippen LogP) is 2.12. The van der Waals surface area contributed by atoms with Gasteiger partial charge < -0.3 is 19.6 Å². The first kappa shape index (κ1) is 18.7. The van der Waals surface area contributed by atoms with Gasteiger partial charge in [-0.1, -0.05) is 30.3 Å². The molecular weight excluding hydrogens is 355 g/mol. The minimum atomic E-state index is -0.501. The lowest BCUT2D eigenvalue weighted by atomic mass is 10.1. The predicted molar refractivity (Wildman–Crippen MR) is 110 cm³/mol. The molecule has 3 aromatic carbocycles. The third-order valence-corrected chi connectivity index (χ3v) is 5.35. The van der Waals surface area contributed by atoms with Gasteiger partial charge in [-0.3, -0.25) is 0 Å². The Morgan fingerprint density at radius 1 is 0.964 bits per heavy atom. The molecule has 1 heterocycles. The molecule has 1 aliphatic heterocycles. The molecule has 0 saturated carbocycles. The van der Waals surface area contributed by atoms with Crippen LogP contribution in [0.1, 0.15) is 0 Å². The highest BCUT2D eigenvalue weighted by molar-refractivity contribution is 5.83. The molecule has 0 aliphatic carbocycles. The topological polar surface area (TPSA) is 37.1 Å². The molecule has 0 amide bonds.